The van der Waals surface area contributed by atoms with Crippen LogP contribution in [0, 0.1) is 7.43 Å². The Kier molecular flexibility index (Phi) is 6.11. The molecule has 0 aromatic carbocycles. The van der Waals surface area contributed by atoms with E-state index in [0.717, 1.165) is 12.2 Å². The summed E-state index contributed by atoms with van der Waals surface area (Å²) in [5, 5.41) is 0. The predicted octanol–water partition coefficient (Wildman–Crippen LogP) is 2.37. The molecule has 1 aliphatic heterocycles. The Hall–Kier alpha value is -0.947. The Labute approximate surface area is 104 Å². The van der Waals surface area contributed by atoms with Gasteiger partial charge in [-0.1, -0.05) is 18.2 Å². The first kappa shape index (κ1) is 14.1. The summed E-state index contributed by atoms with van der Waals surface area (Å²) >= 11 is 0. The fourth-order valence-corrected chi connectivity index (χ4v) is 1.40. The van der Waals surface area contributed by atoms with Crippen LogP contribution in [-0.4, -0.2) is 23.5 Å². The molecule has 2 rings (SSSR count). The van der Waals surface area contributed by atoms with Gasteiger partial charge in [-0.15, -0.1) is 0 Å². The van der Waals surface area contributed by atoms with Crippen LogP contribution in [0.3, 0.4) is 0 Å². The predicted molar refractivity (Wildman–Crippen MR) is 60.4 cm³/mol. The molecular formula is C12H15N2Ru. The number of likely N-dealkylation sites (N-methyl/N-ethyl adjacent to an activating group) is 1. The van der Waals surface area contributed by atoms with Crippen molar-refractivity contribution in [2.24, 2.45) is 0 Å². The number of allylic oxidation sites excluding steroid dienone is 2. The van der Waals surface area contributed by atoms with Gasteiger partial charge in [0.2, 0.25) is 0 Å². The molecule has 1 aromatic heterocycles. The van der Waals surface area contributed by atoms with Gasteiger partial charge in [0.25, 0.3) is 0 Å². The molecule has 0 amide bonds. The summed E-state index contributed by atoms with van der Waals surface area (Å²) in [6.45, 7) is 0.961. The smallest absolute Gasteiger partial charge is 0.369 e. The third-order valence-corrected chi connectivity index (χ3v) is 2.11. The summed E-state index contributed by atoms with van der Waals surface area (Å²) < 4.78 is 0. The number of pyridine rings is 1. The van der Waals surface area contributed by atoms with E-state index in [1.807, 2.05) is 24.4 Å². The van der Waals surface area contributed by atoms with Crippen LogP contribution in [0.4, 0.5) is 0 Å². The molecule has 2 nitrogen and oxygen atoms in total. The number of aromatic nitrogens is 1. The zero-order chi connectivity index (χ0) is 9.10. The van der Waals surface area contributed by atoms with Crippen molar-refractivity contribution in [2.75, 3.05) is 13.6 Å². The topological polar surface area (TPSA) is 16.1 Å². The molecule has 2 heterocycles. The summed E-state index contributed by atoms with van der Waals surface area (Å²) in [4.78, 5) is 6.49. The van der Waals surface area contributed by atoms with Crippen molar-refractivity contribution in [3.63, 3.8) is 0 Å². The van der Waals surface area contributed by atoms with Crippen LogP contribution in [-0.2, 0) is 19.5 Å². The Morgan fingerprint density at radius 1 is 1.33 bits per heavy atom. The summed E-state index contributed by atoms with van der Waals surface area (Å²) in [6, 6.07) is 5.97. The summed E-state index contributed by atoms with van der Waals surface area (Å²) in [5.74, 6) is 0. The summed E-state index contributed by atoms with van der Waals surface area (Å²) in [5.41, 5.74) is 2.22. The van der Waals surface area contributed by atoms with E-state index in [1.165, 1.54) is 5.70 Å². The number of hydrogen-bond donors (Lipinski definition) is 0. The van der Waals surface area contributed by atoms with Gasteiger partial charge in [-0.25, -0.2) is 0 Å². The van der Waals surface area contributed by atoms with Crippen molar-refractivity contribution >= 4 is 5.70 Å². The number of rotatable bonds is 1. The molecule has 1 aromatic rings. The van der Waals surface area contributed by atoms with E-state index in [9.17, 15) is 0 Å². The van der Waals surface area contributed by atoms with E-state index < -0.39 is 0 Å². The second-order valence-electron chi connectivity index (χ2n) is 3.08. The van der Waals surface area contributed by atoms with Crippen molar-refractivity contribution < 1.29 is 19.5 Å². The van der Waals surface area contributed by atoms with Crippen LogP contribution in [0.5, 0.6) is 0 Å². The first-order valence-corrected chi connectivity index (χ1v) is 4.37. The van der Waals surface area contributed by atoms with Gasteiger partial charge in [0.15, 0.2) is 0 Å². The monoisotopic (exact) mass is 289 g/mol. The fraction of sp³-hybridized carbons (Fsp3) is 0.167. The summed E-state index contributed by atoms with van der Waals surface area (Å²) in [6.07, 6.45) is 8.12. The largest absolute Gasteiger partial charge is 1.00 e. The molecule has 1 aliphatic rings. The molecule has 0 aliphatic carbocycles. The van der Waals surface area contributed by atoms with E-state index in [1.54, 1.807) is 0 Å². The number of nitrogens with zero attached hydrogens (tertiary/aromatic N) is 2. The second-order valence-corrected chi connectivity index (χ2v) is 3.08. The van der Waals surface area contributed by atoms with Gasteiger partial charge >= 0.3 is 19.5 Å². The van der Waals surface area contributed by atoms with Gasteiger partial charge in [0, 0.05) is 19.8 Å². The fourth-order valence-electron chi connectivity index (χ4n) is 1.40. The first-order chi connectivity index (χ1) is 6.38. The molecule has 0 saturated heterocycles. The van der Waals surface area contributed by atoms with Gasteiger partial charge in [-0.2, -0.15) is 0 Å². The van der Waals surface area contributed by atoms with Gasteiger partial charge in [-0.05, 0) is 18.2 Å². The maximum atomic E-state index is 4.31. The zero-order valence-corrected chi connectivity index (χ0v) is 10.7. The van der Waals surface area contributed by atoms with Crippen molar-refractivity contribution in [2.45, 2.75) is 0 Å². The minimum atomic E-state index is 0. The van der Waals surface area contributed by atoms with Crippen molar-refractivity contribution in [3.8, 4) is 0 Å². The maximum Gasteiger partial charge on any atom is 1.00 e. The van der Waals surface area contributed by atoms with Crippen LogP contribution in [0.2, 0.25) is 0 Å². The molecule has 15 heavy (non-hydrogen) atoms. The van der Waals surface area contributed by atoms with Crippen LogP contribution < -0.4 is 0 Å². The van der Waals surface area contributed by atoms with Crippen molar-refractivity contribution in [3.05, 3.63) is 55.7 Å². The second kappa shape index (κ2) is 6.52. The molecule has 0 saturated carbocycles. The molecule has 1 radical (unpaired) electrons. The Morgan fingerprint density at radius 2 is 2.13 bits per heavy atom. The van der Waals surface area contributed by atoms with Gasteiger partial charge < -0.3 is 12.3 Å². The van der Waals surface area contributed by atoms with E-state index in [0.29, 0.717) is 0 Å². The Morgan fingerprint density at radius 3 is 2.73 bits per heavy atom. The summed E-state index contributed by atoms with van der Waals surface area (Å²) in [7, 11) is 2.07. The third kappa shape index (κ3) is 3.28. The molecule has 81 valence electrons. The zero-order valence-electron chi connectivity index (χ0n) is 9.00. The molecule has 0 fully saturated rings. The molecule has 0 spiro atoms. The average molecular weight is 288 g/mol. The minimum Gasteiger partial charge on any atom is -0.369 e. The van der Waals surface area contributed by atoms with Gasteiger partial charge in [-0.3, -0.25) is 4.98 Å². The molecule has 0 unspecified atom stereocenters. The molecular weight excluding hydrogens is 273 g/mol. The first-order valence-electron chi connectivity index (χ1n) is 4.37. The van der Waals surface area contributed by atoms with E-state index >= 15 is 0 Å². The molecule has 0 N–H and O–H groups in total. The van der Waals surface area contributed by atoms with Crippen LogP contribution in [0.1, 0.15) is 5.69 Å². The number of hydrogen-bond acceptors (Lipinski definition) is 2. The quantitative estimate of drug-likeness (QED) is 0.582. The van der Waals surface area contributed by atoms with Crippen LogP contribution in [0.25, 0.3) is 5.70 Å². The van der Waals surface area contributed by atoms with E-state index in [-0.39, 0.29) is 26.9 Å². The van der Waals surface area contributed by atoms with Crippen molar-refractivity contribution in [1.29, 1.82) is 0 Å². The molecule has 0 atom stereocenters. The van der Waals surface area contributed by atoms with Crippen LogP contribution in [0.15, 0.2) is 42.6 Å². The standard InChI is InChI=1S/C11H12N2.CH3.Ru/c1-13-9-5-3-7-11(13)10-6-2-4-8-12-10;;/h2-8H,9H2,1H3;1H3;/q;-1;+1. The normalized spacial score (nSPS) is 13.7. The maximum absolute atomic E-state index is 4.31. The molecule has 0 bridgehead atoms. The third-order valence-electron chi connectivity index (χ3n) is 2.11. The Bertz CT molecular complexity index is 344. The van der Waals surface area contributed by atoms with E-state index in [4.69, 9.17) is 0 Å². The molecule has 3 heteroatoms. The van der Waals surface area contributed by atoms with Crippen molar-refractivity contribution in [1.82, 2.24) is 9.88 Å². The average Bonchev–Trinajstić information content (AvgIpc) is 2.20. The SMILES string of the molecule is CN1CC=CC=C1c1ccccn1.[CH3-].[Ru+]. The minimum absolute atomic E-state index is 0. The Balaban J connectivity index is 0.000000980. The van der Waals surface area contributed by atoms with Gasteiger partial charge in [0.1, 0.15) is 0 Å². The van der Waals surface area contributed by atoms with E-state index in [2.05, 4.69) is 35.2 Å². The van der Waals surface area contributed by atoms with Gasteiger partial charge in [0.05, 0.1) is 11.4 Å². The van der Waals surface area contributed by atoms with Crippen LogP contribution >= 0.6 is 0 Å².